The summed E-state index contributed by atoms with van der Waals surface area (Å²) in [5.41, 5.74) is -0.756. The number of rotatable bonds is 5. The lowest BCUT2D eigenvalue weighted by molar-refractivity contribution is -0.184. The number of amides is 4. The molecule has 1 saturated heterocycles. The van der Waals surface area contributed by atoms with Crippen molar-refractivity contribution in [2.24, 2.45) is 5.92 Å². The molecule has 9 heteroatoms. The molecule has 0 bridgehead atoms. The maximum Gasteiger partial charge on any atom is 0.391 e. The van der Waals surface area contributed by atoms with Crippen LogP contribution < -0.4 is 10.6 Å². The van der Waals surface area contributed by atoms with E-state index in [-0.39, 0.29) is 37.6 Å². The SMILES string of the molecule is O=C(CCCN1C(=O)NC2(CCCC2)C1=O)NC1CCCC(C(F)(F)F)C1. The number of nitrogens with one attached hydrogen (secondary N) is 2. The number of imide groups is 1. The van der Waals surface area contributed by atoms with Crippen LogP contribution >= 0.6 is 0 Å². The summed E-state index contributed by atoms with van der Waals surface area (Å²) < 4.78 is 38.5. The lowest BCUT2D eigenvalue weighted by Gasteiger charge is -2.31. The van der Waals surface area contributed by atoms with E-state index in [1.807, 2.05) is 0 Å². The lowest BCUT2D eigenvalue weighted by atomic mass is 9.85. The van der Waals surface area contributed by atoms with Gasteiger partial charge in [-0.2, -0.15) is 13.2 Å². The van der Waals surface area contributed by atoms with E-state index < -0.39 is 29.7 Å². The number of alkyl halides is 3. The van der Waals surface area contributed by atoms with Crippen LogP contribution in [0.5, 0.6) is 0 Å². The molecule has 1 aliphatic heterocycles. The van der Waals surface area contributed by atoms with Gasteiger partial charge in [-0.3, -0.25) is 14.5 Å². The van der Waals surface area contributed by atoms with E-state index in [0.717, 1.165) is 12.8 Å². The predicted octanol–water partition coefficient (Wildman–Crippen LogP) is 2.87. The minimum absolute atomic E-state index is 0.0786. The van der Waals surface area contributed by atoms with Gasteiger partial charge in [-0.05, 0) is 38.5 Å². The van der Waals surface area contributed by atoms with E-state index >= 15 is 0 Å². The fourth-order valence-electron chi connectivity index (χ4n) is 4.51. The normalized spacial score (nSPS) is 27.9. The van der Waals surface area contributed by atoms with Crippen molar-refractivity contribution in [3.05, 3.63) is 0 Å². The first kappa shape index (κ1) is 19.9. The molecular formula is C18H26F3N3O3. The molecule has 3 rings (SSSR count). The predicted molar refractivity (Wildman–Crippen MR) is 90.6 cm³/mol. The summed E-state index contributed by atoms with van der Waals surface area (Å²) in [7, 11) is 0. The molecule has 2 atom stereocenters. The first-order valence-electron chi connectivity index (χ1n) is 9.71. The minimum atomic E-state index is -4.22. The Kier molecular flexibility index (Phi) is 5.67. The third-order valence-electron chi connectivity index (χ3n) is 5.99. The van der Waals surface area contributed by atoms with Crippen LogP contribution in [0.4, 0.5) is 18.0 Å². The van der Waals surface area contributed by atoms with Gasteiger partial charge < -0.3 is 10.6 Å². The van der Waals surface area contributed by atoms with Gasteiger partial charge in [0.15, 0.2) is 0 Å². The Morgan fingerprint density at radius 3 is 2.56 bits per heavy atom. The number of carbonyl (C=O) groups is 3. The molecule has 1 spiro atoms. The Hall–Kier alpha value is -1.80. The zero-order chi connectivity index (χ0) is 19.7. The summed E-state index contributed by atoms with van der Waals surface area (Å²) in [6.07, 6.45) is 0.303. The summed E-state index contributed by atoms with van der Waals surface area (Å²) in [6.45, 7) is 0.148. The molecule has 6 nitrogen and oxygen atoms in total. The Labute approximate surface area is 156 Å². The van der Waals surface area contributed by atoms with Crippen molar-refractivity contribution in [1.29, 1.82) is 0 Å². The quantitative estimate of drug-likeness (QED) is 0.710. The number of hydrogen-bond acceptors (Lipinski definition) is 3. The van der Waals surface area contributed by atoms with Gasteiger partial charge in [-0.1, -0.05) is 19.3 Å². The number of urea groups is 1. The summed E-state index contributed by atoms with van der Waals surface area (Å²) in [5.74, 6) is -1.90. The third-order valence-corrected chi connectivity index (χ3v) is 5.99. The molecule has 0 aromatic carbocycles. The fourth-order valence-corrected chi connectivity index (χ4v) is 4.51. The van der Waals surface area contributed by atoms with Gasteiger partial charge in [-0.25, -0.2) is 4.79 Å². The average molecular weight is 389 g/mol. The van der Waals surface area contributed by atoms with Crippen LogP contribution in [0.1, 0.15) is 64.2 Å². The minimum Gasteiger partial charge on any atom is -0.353 e. The van der Waals surface area contributed by atoms with Crippen molar-refractivity contribution in [2.45, 2.75) is 82.0 Å². The van der Waals surface area contributed by atoms with Crippen LogP contribution in [0.25, 0.3) is 0 Å². The Balaban J connectivity index is 1.42. The molecule has 2 aliphatic carbocycles. The van der Waals surface area contributed by atoms with E-state index in [9.17, 15) is 27.6 Å². The smallest absolute Gasteiger partial charge is 0.353 e. The number of carbonyl (C=O) groups excluding carboxylic acids is 3. The van der Waals surface area contributed by atoms with Gasteiger partial charge in [0.1, 0.15) is 5.54 Å². The van der Waals surface area contributed by atoms with Crippen LogP contribution in [-0.2, 0) is 9.59 Å². The maximum atomic E-state index is 12.8. The molecule has 3 fully saturated rings. The highest BCUT2D eigenvalue weighted by molar-refractivity contribution is 6.07. The first-order valence-corrected chi connectivity index (χ1v) is 9.71. The summed E-state index contributed by atoms with van der Waals surface area (Å²) >= 11 is 0. The largest absolute Gasteiger partial charge is 0.391 e. The zero-order valence-electron chi connectivity index (χ0n) is 15.2. The van der Waals surface area contributed by atoms with E-state index in [0.29, 0.717) is 32.1 Å². The molecule has 3 aliphatic rings. The van der Waals surface area contributed by atoms with E-state index in [1.54, 1.807) is 0 Å². The van der Waals surface area contributed by atoms with Crippen molar-refractivity contribution in [2.75, 3.05) is 6.54 Å². The molecule has 2 unspecified atom stereocenters. The number of hydrogen-bond donors (Lipinski definition) is 2. The van der Waals surface area contributed by atoms with Gasteiger partial charge in [0, 0.05) is 19.0 Å². The van der Waals surface area contributed by atoms with Gasteiger partial charge in [0.2, 0.25) is 5.91 Å². The lowest BCUT2D eigenvalue weighted by Crippen LogP contribution is -2.44. The maximum absolute atomic E-state index is 12.8. The van der Waals surface area contributed by atoms with Crippen molar-refractivity contribution in [3.63, 3.8) is 0 Å². The average Bonchev–Trinajstić information content (AvgIpc) is 3.15. The standard InChI is InChI=1S/C18H26F3N3O3/c19-18(20,21)12-5-3-6-13(11-12)22-14(25)7-4-10-24-15(26)17(23-16(24)27)8-1-2-9-17/h12-13H,1-11H2,(H,22,25)(H,23,27). The third kappa shape index (κ3) is 4.38. The van der Waals surface area contributed by atoms with Gasteiger partial charge in [0.25, 0.3) is 5.91 Å². The van der Waals surface area contributed by atoms with E-state index in [2.05, 4.69) is 10.6 Å². The Bertz CT molecular complexity index is 602. The molecule has 1 heterocycles. The summed E-state index contributed by atoms with van der Waals surface area (Å²) in [5, 5.41) is 5.46. The monoisotopic (exact) mass is 389 g/mol. The second-order valence-corrected chi connectivity index (χ2v) is 7.95. The van der Waals surface area contributed by atoms with Crippen molar-refractivity contribution in [1.82, 2.24) is 15.5 Å². The highest BCUT2D eigenvalue weighted by Crippen LogP contribution is 2.37. The zero-order valence-corrected chi connectivity index (χ0v) is 15.2. The molecule has 27 heavy (non-hydrogen) atoms. The number of halogens is 3. The van der Waals surface area contributed by atoms with Crippen molar-refractivity contribution in [3.8, 4) is 0 Å². The van der Waals surface area contributed by atoms with Crippen LogP contribution in [0.2, 0.25) is 0 Å². The molecule has 0 aromatic rings. The molecule has 4 amide bonds. The van der Waals surface area contributed by atoms with Gasteiger partial charge in [-0.15, -0.1) is 0 Å². The van der Waals surface area contributed by atoms with E-state index in [1.165, 1.54) is 4.90 Å². The first-order chi connectivity index (χ1) is 12.7. The van der Waals surface area contributed by atoms with Gasteiger partial charge >= 0.3 is 12.2 Å². The van der Waals surface area contributed by atoms with Gasteiger partial charge in [0.05, 0.1) is 5.92 Å². The van der Waals surface area contributed by atoms with Crippen molar-refractivity contribution < 1.29 is 27.6 Å². The molecule has 2 N–H and O–H groups in total. The summed E-state index contributed by atoms with van der Waals surface area (Å²) in [6, 6.07) is -0.876. The Morgan fingerprint density at radius 2 is 1.89 bits per heavy atom. The highest BCUT2D eigenvalue weighted by atomic mass is 19.4. The Morgan fingerprint density at radius 1 is 1.19 bits per heavy atom. The molecule has 2 saturated carbocycles. The van der Waals surface area contributed by atoms with Crippen LogP contribution in [0.15, 0.2) is 0 Å². The second-order valence-electron chi connectivity index (χ2n) is 7.95. The topological polar surface area (TPSA) is 78.5 Å². The van der Waals surface area contributed by atoms with Crippen LogP contribution in [0, 0.1) is 5.92 Å². The number of nitrogens with zero attached hydrogens (tertiary/aromatic N) is 1. The van der Waals surface area contributed by atoms with Crippen LogP contribution in [0.3, 0.4) is 0 Å². The fraction of sp³-hybridized carbons (Fsp3) is 0.833. The molecule has 0 radical (unpaired) electrons. The summed E-state index contributed by atoms with van der Waals surface area (Å²) in [4.78, 5) is 37.8. The van der Waals surface area contributed by atoms with Crippen LogP contribution in [-0.4, -0.2) is 47.0 Å². The highest BCUT2D eigenvalue weighted by Gasteiger charge is 2.52. The second kappa shape index (κ2) is 7.67. The van der Waals surface area contributed by atoms with E-state index in [4.69, 9.17) is 0 Å². The molecule has 0 aromatic heterocycles. The van der Waals surface area contributed by atoms with Crippen molar-refractivity contribution >= 4 is 17.8 Å². The molecule has 152 valence electrons. The molecular weight excluding hydrogens is 363 g/mol.